The van der Waals surface area contributed by atoms with Gasteiger partial charge in [0.15, 0.2) is 5.95 Å². The molecule has 0 saturated heterocycles. The van der Waals surface area contributed by atoms with Gasteiger partial charge in [0.1, 0.15) is 11.3 Å². The molecule has 13 heavy (non-hydrogen) atoms. The molecule has 0 atom stereocenters. The first-order chi connectivity index (χ1) is 5.11. The number of aromatic carboxylic acids is 1. The molecule has 0 spiro atoms. The van der Waals surface area contributed by atoms with Crippen LogP contribution in [0.4, 0.5) is 4.39 Å². The van der Waals surface area contributed by atoms with E-state index in [0.717, 1.165) is 0 Å². The van der Waals surface area contributed by atoms with Crippen LogP contribution < -0.4 is 74.8 Å². The minimum Gasteiger partial charge on any atom is -0.624 e. The summed E-state index contributed by atoms with van der Waals surface area (Å²) in [7, 11) is 0. The normalized spacial score (nSPS) is 8.08. The molecule has 0 bridgehead atoms. The zero-order chi connectivity index (χ0) is 8.43. The van der Waals surface area contributed by atoms with E-state index in [0.29, 0.717) is 6.20 Å². The Morgan fingerprint density at radius 1 is 1.54 bits per heavy atom. The minimum atomic E-state index is -1.83. The van der Waals surface area contributed by atoms with Crippen LogP contribution in [0.3, 0.4) is 0 Å². The summed E-state index contributed by atoms with van der Waals surface area (Å²) in [6.45, 7) is 0. The third kappa shape index (κ3) is 4.35. The molecule has 58 valence electrons. The number of rotatable bonds is 1. The fourth-order valence-corrected chi connectivity index (χ4v) is 0.489. The van der Waals surface area contributed by atoms with Gasteiger partial charge in [0, 0.05) is 0 Å². The third-order valence-electron chi connectivity index (χ3n) is 0.903. The van der Waals surface area contributed by atoms with Gasteiger partial charge in [0.05, 0.1) is 5.97 Å². The second-order valence-corrected chi connectivity index (χ2v) is 1.63. The summed E-state index contributed by atoms with van der Waals surface area (Å²) >= 11 is 0. The molecular formula is C5HFN2Na2O3. The van der Waals surface area contributed by atoms with Gasteiger partial charge in [-0.1, -0.05) is 0 Å². The molecular weight excluding hydrogens is 201 g/mol. The summed E-state index contributed by atoms with van der Waals surface area (Å²) in [5.74, 6) is -2.95. The van der Waals surface area contributed by atoms with Crippen molar-refractivity contribution in [1.29, 1.82) is 0 Å². The predicted octanol–water partition coefficient (Wildman–Crippen LogP) is -8.09. The van der Waals surface area contributed by atoms with Crippen LogP contribution in [0.25, 0.3) is 0 Å². The second kappa shape index (κ2) is 6.69. The molecule has 1 aromatic heterocycles. The van der Waals surface area contributed by atoms with E-state index in [1.807, 2.05) is 0 Å². The standard InChI is InChI=1S/C5H3FN2O3.2Na/c6-2-1-7-4(9)3(8-2)5(10)11;;/h1H,(H2,7,9,10,11);;/q;2*+1/p-2. The molecule has 0 amide bonds. The molecule has 0 saturated carbocycles. The van der Waals surface area contributed by atoms with Gasteiger partial charge in [-0.25, -0.2) is 4.98 Å². The minimum absolute atomic E-state index is 0. The zero-order valence-corrected chi connectivity index (χ0v) is 11.1. The van der Waals surface area contributed by atoms with E-state index in [-0.39, 0.29) is 59.1 Å². The number of carbonyl (C=O) groups excluding carboxylic acids is 1. The second-order valence-electron chi connectivity index (χ2n) is 1.63. The van der Waals surface area contributed by atoms with Crippen LogP contribution in [-0.2, 0) is 0 Å². The Morgan fingerprint density at radius 3 is 2.46 bits per heavy atom. The molecule has 5 nitrogen and oxygen atoms in total. The SMILES string of the molecule is O=C([O-])c1nc(F)c[n-]c1=O.[Na+].[Na+]. The van der Waals surface area contributed by atoms with E-state index in [1.165, 1.54) is 0 Å². The first kappa shape index (κ1) is 15.7. The van der Waals surface area contributed by atoms with Crippen LogP contribution in [0.15, 0.2) is 11.0 Å². The third-order valence-corrected chi connectivity index (χ3v) is 0.903. The Hall–Kier alpha value is 0.280. The smallest absolute Gasteiger partial charge is 0.624 e. The molecule has 0 aliphatic carbocycles. The molecule has 1 aromatic rings. The van der Waals surface area contributed by atoms with Crippen molar-refractivity contribution in [1.82, 2.24) is 9.97 Å². The molecule has 0 aliphatic heterocycles. The van der Waals surface area contributed by atoms with Crippen LogP contribution >= 0.6 is 0 Å². The van der Waals surface area contributed by atoms with Crippen LogP contribution in [-0.4, -0.2) is 11.0 Å². The van der Waals surface area contributed by atoms with Crippen molar-refractivity contribution in [2.75, 3.05) is 0 Å². The number of hydrogen-bond acceptors (Lipinski definition) is 4. The Morgan fingerprint density at radius 2 is 2.08 bits per heavy atom. The number of carboxylic acids is 1. The van der Waals surface area contributed by atoms with Gasteiger partial charge in [-0.3, -0.25) is 0 Å². The Bertz CT molecular complexity index is 354. The van der Waals surface area contributed by atoms with Crippen molar-refractivity contribution < 1.29 is 73.4 Å². The molecule has 0 N–H and O–H groups in total. The maximum Gasteiger partial charge on any atom is 1.00 e. The first-order valence-corrected chi connectivity index (χ1v) is 2.52. The van der Waals surface area contributed by atoms with Crippen molar-refractivity contribution in [2.45, 2.75) is 0 Å². The van der Waals surface area contributed by atoms with Crippen molar-refractivity contribution in [2.24, 2.45) is 0 Å². The summed E-state index contributed by atoms with van der Waals surface area (Å²) in [5.41, 5.74) is -2.11. The molecule has 1 rings (SSSR count). The quantitative estimate of drug-likeness (QED) is 0.422. The Labute approximate surface area is 116 Å². The predicted molar refractivity (Wildman–Crippen MR) is 28.1 cm³/mol. The largest absolute Gasteiger partial charge is 1.00 e. The molecule has 1 heterocycles. The molecule has 0 radical (unpaired) electrons. The van der Waals surface area contributed by atoms with Gasteiger partial charge in [0.2, 0.25) is 0 Å². The van der Waals surface area contributed by atoms with E-state index in [1.54, 1.807) is 0 Å². The molecule has 0 fully saturated rings. The van der Waals surface area contributed by atoms with Crippen LogP contribution in [0, 0.1) is 5.95 Å². The van der Waals surface area contributed by atoms with E-state index in [9.17, 15) is 19.1 Å². The van der Waals surface area contributed by atoms with Crippen molar-refractivity contribution in [3.63, 3.8) is 0 Å². The fourth-order valence-electron chi connectivity index (χ4n) is 0.489. The van der Waals surface area contributed by atoms with E-state index in [2.05, 4.69) is 9.97 Å². The Kier molecular flexibility index (Phi) is 8.10. The van der Waals surface area contributed by atoms with Gasteiger partial charge in [-0.15, -0.1) is 6.20 Å². The summed E-state index contributed by atoms with van der Waals surface area (Å²) in [5, 5.41) is 9.99. The van der Waals surface area contributed by atoms with Gasteiger partial charge in [-0.05, 0) is 0 Å². The molecule has 0 unspecified atom stereocenters. The maximum absolute atomic E-state index is 12.1. The number of carbonyl (C=O) groups is 1. The van der Waals surface area contributed by atoms with Gasteiger partial charge >= 0.3 is 59.1 Å². The van der Waals surface area contributed by atoms with Crippen LogP contribution in [0.5, 0.6) is 0 Å². The molecule has 0 aliphatic rings. The van der Waals surface area contributed by atoms with Gasteiger partial charge < -0.3 is 19.7 Å². The fraction of sp³-hybridized carbons (Fsp3) is 0. The van der Waals surface area contributed by atoms with Gasteiger partial charge in [-0.2, -0.15) is 4.39 Å². The maximum atomic E-state index is 12.1. The first-order valence-electron chi connectivity index (χ1n) is 2.52. The number of aromatic nitrogens is 2. The summed E-state index contributed by atoms with van der Waals surface area (Å²) < 4.78 is 12.1. The number of halogens is 1. The average Bonchev–Trinajstić information content (AvgIpc) is 1.94. The van der Waals surface area contributed by atoms with E-state index >= 15 is 0 Å². The van der Waals surface area contributed by atoms with E-state index < -0.39 is 23.2 Å². The van der Waals surface area contributed by atoms with Crippen molar-refractivity contribution >= 4 is 5.97 Å². The number of hydrogen-bond donors (Lipinski definition) is 0. The van der Waals surface area contributed by atoms with Crippen molar-refractivity contribution in [3.05, 3.63) is 28.2 Å². The molecule has 8 heteroatoms. The average molecular weight is 202 g/mol. The summed E-state index contributed by atoms with van der Waals surface area (Å²) in [6, 6.07) is 0. The topological polar surface area (TPSA) is 84.2 Å². The summed E-state index contributed by atoms with van der Waals surface area (Å²) in [4.78, 5) is 26.1. The monoisotopic (exact) mass is 202 g/mol. The van der Waals surface area contributed by atoms with Crippen molar-refractivity contribution in [3.8, 4) is 0 Å². The Balaban J connectivity index is 0. The zero-order valence-electron chi connectivity index (χ0n) is 7.07. The van der Waals surface area contributed by atoms with E-state index in [4.69, 9.17) is 0 Å². The number of carboxylic acid groups (broad SMARTS) is 1. The van der Waals surface area contributed by atoms with Gasteiger partial charge in [0.25, 0.3) is 0 Å². The molecule has 0 aromatic carbocycles. The van der Waals surface area contributed by atoms with Crippen LogP contribution in [0.1, 0.15) is 10.5 Å². The van der Waals surface area contributed by atoms with Crippen LogP contribution in [0.2, 0.25) is 0 Å². The number of nitrogens with zero attached hydrogens (tertiary/aromatic N) is 2. The summed E-state index contributed by atoms with van der Waals surface area (Å²) in [6.07, 6.45) is 0.536.